The zero-order valence-electron chi connectivity index (χ0n) is 21.9. The van der Waals surface area contributed by atoms with Gasteiger partial charge in [0.2, 0.25) is 5.91 Å². The minimum Gasteiger partial charge on any atom is -0.507 e. The summed E-state index contributed by atoms with van der Waals surface area (Å²) in [5.74, 6) is -0.648. The summed E-state index contributed by atoms with van der Waals surface area (Å²) in [4.78, 5) is 25.9. The highest BCUT2D eigenvalue weighted by Crippen LogP contribution is 2.36. The molecular formula is C33H29N3O4. The van der Waals surface area contributed by atoms with Gasteiger partial charge in [-0.3, -0.25) is 10.1 Å². The first-order valence-electron chi connectivity index (χ1n) is 12.9. The second-order valence-corrected chi connectivity index (χ2v) is 9.49. The third kappa shape index (κ3) is 5.73. The van der Waals surface area contributed by atoms with E-state index in [9.17, 15) is 14.7 Å². The smallest absolute Gasteiger partial charge is 0.412 e. The molecule has 40 heavy (non-hydrogen) atoms. The molecule has 5 aromatic rings. The van der Waals surface area contributed by atoms with Crippen molar-refractivity contribution in [2.24, 2.45) is 5.92 Å². The first-order chi connectivity index (χ1) is 19.4. The number of hydrogen-bond acceptors (Lipinski definition) is 5. The van der Waals surface area contributed by atoms with Crippen LogP contribution in [0.25, 0.3) is 21.5 Å². The molecule has 5 N–H and O–H groups in total. The normalized spacial score (nSPS) is 12.7. The number of nitrogens with two attached hydrogens (primary N) is 1. The molecule has 0 bridgehead atoms. The van der Waals surface area contributed by atoms with Crippen LogP contribution in [0.15, 0.2) is 115 Å². The molecular weight excluding hydrogens is 502 g/mol. The van der Waals surface area contributed by atoms with Gasteiger partial charge in [0, 0.05) is 22.3 Å². The average molecular weight is 532 g/mol. The molecule has 0 aliphatic carbocycles. The van der Waals surface area contributed by atoms with Gasteiger partial charge < -0.3 is 20.9 Å². The largest absolute Gasteiger partial charge is 0.507 e. The summed E-state index contributed by atoms with van der Waals surface area (Å²) >= 11 is 0. The van der Waals surface area contributed by atoms with Crippen LogP contribution in [0, 0.1) is 5.92 Å². The highest BCUT2D eigenvalue weighted by Gasteiger charge is 2.25. The van der Waals surface area contributed by atoms with Crippen molar-refractivity contribution in [2.45, 2.75) is 13.0 Å². The molecule has 0 aliphatic heterocycles. The maximum Gasteiger partial charge on any atom is 0.412 e. The van der Waals surface area contributed by atoms with E-state index < -0.39 is 18.1 Å². The summed E-state index contributed by atoms with van der Waals surface area (Å²) in [6, 6.07) is 31.1. The van der Waals surface area contributed by atoms with Crippen molar-refractivity contribution in [3.8, 4) is 5.75 Å². The molecule has 2 amide bonds. The minimum absolute atomic E-state index is 0.126. The summed E-state index contributed by atoms with van der Waals surface area (Å²) in [7, 11) is 0. The molecule has 0 spiro atoms. The van der Waals surface area contributed by atoms with E-state index in [0.717, 1.165) is 16.2 Å². The Kier molecular flexibility index (Phi) is 7.64. The van der Waals surface area contributed by atoms with E-state index in [1.165, 1.54) is 6.08 Å². The van der Waals surface area contributed by atoms with E-state index >= 15 is 0 Å². The fourth-order valence-electron chi connectivity index (χ4n) is 4.72. The second kappa shape index (κ2) is 11.6. The molecule has 0 saturated heterocycles. The molecule has 2 atom stereocenters. The molecule has 5 aromatic carbocycles. The molecule has 7 heteroatoms. The Balaban J connectivity index is 1.44. The Morgan fingerprint density at radius 1 is 0.775 bits per heavy atom. The van der Waals surface area contributed by atoms with Crippen LogP contribution in [0.5, 0.6) is 5.75 Å². The van der Waals surface area contributed by atoms with E-state index in [-0.39, 0.29) is 11.7 Å². The first-order valence-corrected chi connectivity index (χ1v) is 12.9. The van der Waals surface area contributed by atoms with Gasteiger partial charge in [-0.05, 0) is 41.1 Å². The lowest BCUT2D eigenvalue weighted by atomic mass is 9.92. The van der Waals surface area contributed by atoms with Crippen molar-refractivity contribution in [3.05, 3.63) is 121 Å². The van der Waals surface area contributed by atoms with Gasteiger partial charge in [0.05, 0.1) is 17.1 Å². The number of hydrogen-bond donors (Lipinski definition) is 4. The number of fused-ring (bicyclic) bond motifs is 2. The van der Waals surface area contributed by atoms with Crippen LogP contribution in [0.1, 0.15) is 18.6 Å². The summed E-state index contributed by atoms with van der Waals surface area (Å²) in [5.41, 5.74) is 8.24. The Morgan fingerprint density at radius 3 is 2.23 bits per heavy atom. The van der Waals surface area contributed by atoms with Crippen LogP contribution in [0.2, 0.25) is 0 Å². The van der Waals surface area contributed by atoms with Gasteiger partial charge in [0.1, 0.15) is 11.9 Å². The Bertz CT molecular complexity index is 1720. The third-order valence-corrected chi connectivity index (χ3v) is 6.75. The van der Waals surface area contributed by atoms with E-state index in [0.29, 0.717) is 28.0 Å². The van der Waals surface area contributed by atoms with Gasteiger partial charge in [-0.1, -0.05) is 91.9 Å². The first kappa shape index (κ1) is 26.3. The predicted octanol–water partition coefficient (Wildman–Crippen LogP) is 7.40. The van der Waals surface area contributed by atoms with Crippen molar-refractivity contribution >= 4 is 50.6 Å². The number of phenols is 1. The standard InChI is InChI=1S/C33H29N3O4/c1-21(17-20-31(38)35-29-15-7-6-14-27(29)34)32(26-18-19-30(37)25-13-5-4-12-24(25)26)40-33(39)36-28-16-8-10-22-9-2-3-11-23(22)28/h2-21,32,37H,34H2,1H3,(H,35,38)(H,36,39)/b20-17+/t21-,32-/m0/s1. The number of anilines is 3. The zero-order chi connectivity index (χ0) is 28.1. The van der Waals surface area contributed by atoms with Crippen molar-refractivity contribution in [3.63, 3.8) is 0 Å². The van der Waals surface area contributed by atoms with Gasteiger partial charge >= 0.3 is 6.09 Å². The molecule has 0 heterocycles. The molecule has 7 nitrogen and oxygen atoms in total. The van der Waals surface area contributed by atoms with Crippen molar-refractivity contribution in [1.29, 1.82) is 0 Å². The van der Waals surface area contributed by atoms with E-state index in [1.54, 1.807) is 48.5 Å². The van der Waals surface area contributed by atoms with Crippen LogP contribution in [-0.4, -0.2) is 17.1 Å². The van der Waals surface area contributed by atoms with Crippen molar-refractivity contribution < 1.29 is 19.4 Å². The summed E-state index contributed by atoms with van der Waals surface area (Å²) < 4.78 is 6.03. The Labute approximate surface area is 231 Å². The number of nitrogen functional groups attached to an aromatic ring is 1. The fourth-order valence-corrected chi connectivity index (χ4v) is 4.72. The van der Waals surface area contributed by atoms with Crippen molar-refractivity contribution in [2.75, 3.05) is 16.4 Å². The highest BCUT2D eigenvalue weighted by molar-refractivity contribution is 6.02. The molecule has 0 fully saturated rings. The van der Waals surface area contributed by atoms with Crippen LogP contribution < -0.4 is 16.4 Å². The number of benzene rings is 5. The quantitative estimate of drug-likeness (QED) is 0.129. The number of ether oxygens (including phenoxy) is 1. The lowest BCUT2D eigenvalue weighted by molar-refractivity contribution is -0.111. The molecule has 5 rings (SSSR count). The van der Waals surface area contributed by atoms with Crippen LogP contribution >= 0.6 is 0 Å². The minimum atomic E-state index is -0.772. The highest BCUT2D eigenvalue weighted by atomic mass is 16.6. The zero-order valence-corrected chi connectivity index (χ0v) is 21.9. The van der Waals surface area contributed by atoms with E-state index in [2.05, 4.69) is 10.6 Å². The number of aromatic hydroxyl groups is 1. The number of carbonyl (C=O) groups is 2. The van der Waals surface area contributed by atoms with Gasteiger partial charge in [0.25, 0.3) is 0 Å². The van der Waals surface area contributed by atoms with Crippen LogP contribution in [0.4, 0.5) is 21.9 Å². The summed E-state index contributed by atoms with van der Waals surface area (Å²) in [6.45, 7) is 1.86. The summed E-state index contributed by atoms with van der Waals surface area (Å²) in [5, 5.41) is 19.3. The van der Waals surface area contributed by atoms with Crippen LogP contribution in [0.3, 0.4) is 0 Å². The molecule has 200 valence electrons. The second-order valence-electron chi connectivity index (χ2n) is 9.49. The van der Waals surface area contributed by atoms with Crippen LogP contribution in [-0.2, 0) is 9.53 Å². The third-order valence-electron chi connectivity index (χ3n) is 6.75. The molecule has 0 radical (unpaired) electrons. The maximum atomic E-state index is 13.3. The van der Waals surface area contributed by atoms with Gasteiger partial charge in [-0.15, -0.1) is 0 Å². The number of nitrogens with one attached hydrogen (secondary N) is 2. The van der Waals surface area contributed by atoms with Crippen molar-refractivity contribution in [1.82, 2.24) is 0 Å². The number of rotatable bonds is 7. The SMILES string of the molecule is C[C@@H](/C=C/C(=O)Nc1ccccc1N)[C@H](OC(=O)Nc1cccc2ccccc12)c1ccc(O)c2ccccc12. The number of phenolic OH excluding ortho intramolecular Hbond substituents is 1. The lowest BCUT2D eigenvalue weighted by Crippen LogP contribution is -2.22. The van der Waals surface area contributed by atoms with E-state index in [1.807, 2.05) is 67.6 Å². The number of para-hydroxylation sites is 2. The van der Waals surface area contributed by atoms with Gasteiger partial charge in [-0.2, -0.15) is 0 Å². The predicted molar refractivity (Wildman–Crippen MR) is 160 cm³/mol. The monoisotopic (exact) mass is 531 g/mol. The fraction of sp³-hybridized carbons (Fsp3) is 0.0909. The molecule has 0 aromatic heterocycles. The van der Waals surface area contributed by atoms with E-state index in [4.69, 9.17) is 10.5 Å². The summed E-state index contributed by atoms with van der Waals surface area (Å²) in [6.07, 6.45) is 1.68. The maximum absolute atomic E-state index is 13.3. The lowest BCUT2D eigenvalue weighted by Gasteiger charge is -2.24. The Morgan fingerprint density at radius 2 is 1.43 bits per heavy atom. The number of amides is 2. The average Bonchev–Trinajstić information content (AvgIpc) is 2.97. The Hall–Kier alpha value is -5.30. The molecule has 0 aliphatic rings. The topological polar surface area (TPSA) is 114 Å². The molecule has 0 saturated carbocycles. The van der Waals surface area contributed by atoms with Gasteiger partial charge in [-0.25, -0.2) is 4.79 Å². The van der Waals surface area contributed by atoms with Gasteiger partial charge in [0.15, 0.2) is 0 Å². The molecule has 0 unspecified atom stereocenters. The number of carbonyl (C=O) groups excluding carboxylic acids is 2.